The first kappa shape index (κ1) is 19.5. The topological polar surface area (TPSA) is 44.8 Å². The van der Waals surface area contributed by atoms with Crippen LogP contribution in [0.1, 0.15) is 26.2 Å². The summed E-state index contributed by atoms with van der Waals surface area (Å²) in [6, 6.07) is 12.8. The van der Waals surface area contributed by atoms with Gasteiger partial charge in [0.2, 0.25) is 5.91 Å². The van der Waals surface area contributed by atoms with E-state index < -0.39 is 0 Å². The molecule has 0 bridgehead atoms. The molecule has 5 heteroatoms. The Hall–Kier alpha value is -2.27. The molecule has 0 saturated carbocycles. The standard InChI is InChI=1S/C22H31N3O2/c1-3-23-22(26)9-4-5-16-27-19-11-10-18-7-6-8-21(20(18)17-19)25-14-12-24(2)13-15-25/h6-8,10-11,17H,3-5,9,12-16H2,1-2H3,(H,23,26). The second-order valence-electron chi connectivity index (χ2n) is 7.21. The van der Waals surface area contributed by atoms with E-state index in [-0.39, 0.29) is 5.91 Å². The van der Waals surface area contributed by atoms with Crippen molar-refractivity contribution < 1.29 is 9.53 Å². The van der Waals surface area contributed by atoms with E-state index in [1.54, 1.807) is 0 Å². The number of piperazine rings is 1. The van der Waals surface area contributed by atoms with Gasteiger partial charge in [0.15, 0.2) is 0 Å². The second kappa shape index (κ2) is 9.60. The lowest BCUT2D eigenvalue weighted by Crippen LogP contribution is -2.44. The molecule has 0 radical (unpaired) electrons. The molecule has 2 aromatic rings. The number of ether oxygens (including phenoxy) is 1. The number of hydrogen-bond donors (Lipinski definition) is 1. The van der Waals surface area contributed by atoms with Gasteiger partial charge in [0.1, 0.15) is 5.75 Å². The van der Waals surface area contributed by atoms with E-state index in [9.17, 15) is 4.79 Å². The second-order valence-corrected chi connectivity index (χ2v) is 7.21. The molecule has 0 aromatic heterocycles. The van der Waals surface area contributed by atoms with Gasteiger partial charge < -0.3 is 19.9 Å². The smallest absolute Gasteiger partial charge is 0.219 e. The van der Waals surface area contributed by atoms with Gasteiger partial charge >= 0.3 is 0 Å². The molecule has 2 aromatic carbocycles. The number of anilines is 1. The van der Waals surface area contributed by atoms with Crippen LogP contribution in [0.2, 0.25) is 0 Å². The third-order valence-corrected chi connectivity index (χ3v) is 5.12. The summed E-state index contributed by atoms with van der Waals surface area (Å²) in [5.74, 6) is 1.03. The van der Waals surface area contributed by atoms with E-state index in [2.05, 4.69) is 52.5 Å². The molecule has 0 spiro atoms. The van der Waals surface area contributed by atoms with Gasteiger partial charge in [0.05, 0.1) is 6.61 Å². The fourth-order valence-corrected chi connectivity index (χ4v) is 3.51. The van der Waals surface area contributed by atoms with Crippen LogP contribution in [0.25, 0.3) is 10.8 Å². The van der Waals surface area contributed by atoms with Crippen LogP contribution in [0.5, 0.6) is 5.75 Å². The van der Waals surface area contributed by atoms with Crippen LogP contribution >= 0.6 is 0 Å². The Kier molecular flexibility index (Phi) is 6.93. The highest BCUT2D eigenvalue weighted by Gasteiger charge is 2.16. The van der Waals surface area contributed by atoms with E-state index in [0.29, 0.717) is 19.6 Å². The van der Waals surface area contributed by atoms with E-state index in [4.69, 9.17) is 4.74 Å². The lowest BCUT2D eigenvalue weighted by Gasteiger charge is -2.34. The van der Waals surface area contributed by atoms with Gasteiger partial charge in [-0.25, -0.2) is 0 Å². The predicted molar refractivity (Wildman–Crippen MR) is 112 cm³/mol. The summed E-state index contributed by atoms with van der Waals surface area (Å²) in [5, 5.41) is 5.32. The molecule has 1 saturated heterocycles. The normalized spacial score (nSPS) is 15.1. The average molecular weight is 370 g/mol. The Morgan fingerprint density at radius 3 is 2.70 bits per heavy atom. The number of rotatable bonds is 8. The summed E-state index contributed by atoms with van der Waals surface area (Å²) in [4.78, 5) is 16.3. The number of nitrogens with zero attached hydrogens (tertiary/aromatic N) is 2. The number of benzene rings is 2. The first-order valence-electron chi connectivity index (χ1n) is 10.0. The number of carbonyl (C=O) groups is 1. The van der Waals surface area contributed by atoms with Crippen molar-refractivity contribution >= 4 is 22.4 Å². The minimum absolute atomic E-state index is 0.125. The van der Waals surface area contributed by atoms with E-state index in [1.165, 1.54) is 16.5 Å². The van der Waals surface area contributed by atoms with Crippen LogP contribution in [0.15, 0.2) is 36.4 Å². The first-order chi connectivity index (χ1) is 13.2. The first-order valence-corrected chi connectivity index (χ1v) is 10.0. The Morgan fingerprint density at radius 1 is 1.11 bits per heavy atom. The monoisotopic (exact) mass is 369 g/mol. The molecule has 0 unspecified atom stereocenters. The summed E-state index contributed by atoms with van der Waals surface area (Å²) >= 11 is 0. The number of amides is 1. The Balaban J connectivity index is 1.60. The number of carbonyl (C=O) groups excluding carboxylic acids is 1. The minimum atomic E-state index is 0.125. The van der Waals surface area contributed by atoms with Crippen LogP contribution in [0.3, 0.4) is 0 Å². The molecular weight excluding hydrogens is 338 g/mol. The maximum Gasteiger partial charge on any atom is 0.219 e. The van der Waals surface area contributed by atoms with Crippen molar-refractivity contribution in [2.24, 2.45) is 0 Å². The van der Waals surface area contributed by atoms with Crippen LogP contribution < -0.4 is 15.0 Å². The summed E-state index contributed by atoms with van der Waals surface area (Å²) in [6.07, 6.45) is 2.31. The van der Waals surface area contributed by atoms with Crippen LogP contribution in [-0.4, -0.2) is 57.2 Å². The molecule has 1 fully saturated rings. The zero-order chi connectivity index (χ0) is 19.1. The fourth-order valence-electron chi connectivity index (χ4n) is 3.51. The molecule has 1 aliphatic heterocycles. The number of nitrogens with one attached hydrogen (secondary N) is 1. The summed E-state index contributed by atoms with van der Waals surface area (Å²) in [6.45, 7) is 7.58. The highest BCUT2D eigenvalue weighted by Crippen LogP contribution is 2.30. The van der Waals surface area contributed by atoms with Crippen molar-refractivity contribution in [2.45, 2.75) is 26.2 Å². The molecule has 27 heavy (non-hydrogen) atoms. The SMILES string of the molecule is CCNC(=O)CCCCOc1ccc2cccc(N3CCN(C)CC3)c2c1. The average Bonchev–Trinajstić information content (AvgIpc) is 2.68. The molecule has 0 atom stereocenters. The van der Waals surface area contributed by atoms with Crippen LogP contribution in [0.4, 0.5) is 5.69 Å². The van der Waals surface area contributed by atoms with Crippen LogP contribution in [-0.2, 0) is 4.79 Å². The Bertz CT molecular complexity index is 754. The Labute approximate surface area is 162 Å². The van der Waals surface area contributed by atoms with Gasteiger partial charge in [-0.15, -0.1) is 0 Å². The van der Waals surface area contributed by atoms with E-state index in [1.807, 2.05) is 13.0 Å². The van der Waals surface area contributed by atoms with E-state index >= 15 is 0 Å². The van der Waals surface area contributed by atoms with Crippen molar-refractivity contribution in [3.63, 3.8) is 0 Å². The van der Waals surface area contributed by atoms with Gasteiger partial charge in [0.25, 0.3) is 0 Å². The van der Waals surface area contributed by atoms with Crippen molar-refractivity contribution in [2.75, 3.05) is 51.3 Å². The van der Waals surface area contributed by atoms with Gasteiger partial charge in [-0.3, -0.25) is 4.79 Å². The van der Waals surface area contributed by atoms with E-state index in [0.717, 1.165) is 44.8 Å². The summed E-state index contributed by atoms with van der Waals surface area (Å²) < 4.78 is 5.96. The largest absolute Gasteiger partial charge is 0.494 e. The zero-order valence-electron chi connectivity index (χ0n) is 16.5. The number of fused-ring (bicyclic) bond motifs is 1. The fraction of sp³-hybridized carbons (Fsp3) is 0.500. The summed E-state index contributed by atoms with van der Waals surface area (Å²) in [7, 11) is 2.18. The maximum absolute atomic E-state index is 11.5. The third kappa shape index (κ3) is 5.36. The zero-order valence-corrected chi connectivity index (χ0v) is 16.5. The number of unbranched alkanes of at least 4 members (excludes halogenated alkanes) is 1. The van der Waals surface area contributed by atoms with Crippen molar-refractivity contribution in [1.82, 2.24) is 10.2 Å². The van der Waals surface area contributed by atoms with Gasteiger partial charge in [-0.05, 0) is 50.4 Å². The highest BCUT2D eigenvalue weighted by atomic mass is 16.5. The molecule has 5 nitrogen and oxygen atoms in total. The quantitative estimate of drug-likeness (QED) is 0.726. The molecule has 3 rings (SSSR count). The molecule has 1 N–H and O–H groups in total. The third-order valence-electron chi connectivity index (χ3n) is 5.12. The molecule has 1 aliphatic rings. The molecular formula is C22H31N3O2. The lowest BCUT2D eigenvalue weighted by atomic mass is 10.1. The molecule has 146 valence electrons. The van der Waals surface area contributed by atoms with Crippen LogP contribution in [0, 0.1) is 0 Å². The maximum atomic E-state index is 11.5. The van der Waals surface area contributed by atoms with Crippen molar-refractivity contribution in [3.8, 4) is 5.75 Å². The lowest BCUT2D eigenvalue weighted by molar-refractivity contribution is -0.121. The number of hydrogen-bond acceptors (Lipinski definition) is 4. The van der Waals surface area contributed by atoms with Gasteiger partial charge in [-0.2, -0.15) is 0 Å². The summed E-state index contributed by atoms with van der Waals surface area (Å²) in [5.41, 5.74) is 1.29. The highest BCUT2D eigenvalue weighted by molar-refractivity contribution is 5.95. The molecule has 1 amide bonds. The number of likely N-dealkylation sites (N-methyl/N-ethyl adjacent to an activating group) is 1. The van der Waals surface area contributed by atoms with Gasteiger partial charge in [0, 0.05) is 50.2 Å². The molecule has 1 heterocycles. The molecule has 0 aliphatic carbocycles. The van der Waals surface area contributed by atoms with Crippen molar-refractivity contribution in [1.29, 1.82) is 0 Å². The van der Waals surface area contributed by atoms with Crippen molar-refractivity contribution in [3.05, 3.63) is 36.4 Å². The minimum Gasteiger partial charge on any atom is -0.494 e. The van der Waals surface area contributed by atoms with Gasteiger partial charge in [-0.1, -0.05) is 18.2 Å². The predicted octanol–water partition coefficient (Wildman–Crippen LogP) is 3.28. The Morgan fingerprint density at radius 2 is 1.93 bits per heavy atom.